The van der Waals surface area contributed by atoms with Crippen LogP contribution in [0.15, 0.2) is 21.2 Å². The van der Waals surface area contributed by atoms with Crippen LogP contribution >= 0.6 is 11.3 Å². The van der Waals surface area contributed by atoms with Crippen molar-refractivity contribution in [3.8, 4) is 0 Å². The van der Waals surface area contributed by atoms with E-state index < -0.39 is 0 Å². The van der Waals surface area contributed by atoms with Crippen molar-refractivity contribution in [3.05, 3.63) is 39.7 Å². The van der Waals surface area contributed by atoms with Gasteiger partial charge >= 0.3 is 0 Å². The van der Waals surface area contributed by atoms with Gasteiger partial charge in [0.15, 0.2) is 5.89 Å². The number of hydrogen-bond acceptors (Lipinski definition) is 5. The summed E-state index contributed by atoms with van der Waals surface area (Å²) in [5.41, 5.74) is 1.67. The highest BCUT2D eigenvalue weighted by atomic mass is 32.1. The SMILES string of the molecule is Cc1nc(C)c(C(=O)N2CCCN(C(=O)Cc3ccsc3)CC2)o1. The molecule has 1 saturated heterocycles. The van der Waals surface area contributed by atoms with Crippen molar-refractivity contribution in [1.29, 1.82) is 0 Å². The lowest BCUT2D eigenvalue weighted by atomic mass is 10.2. The molecule has 0 bridgehead atoms. The number of rotatable bonds is 3. The fraction of sp³-hybridized carbons (Fsp3) is 0.471. The number of hydrogen-bond donors (Lipinski definition) is 0. The van der Waals surface area contributed by atoms with Gasteiger partial charge in [0, 0.05) is 33.1 Å². The number of nitrogens with zero attached hydrogens (tertiary/aromatic N) is 3. The molecule has 128 valence electrons. The van der Waals surface area contributed by atoms with Crippen molar-refractivity contribution in [2.75, 3.05) is 26.2 Å². The molecule has 2 aromatic heterocycles. The third-order valence-corrected chi connectivity index (χ3v) is 4.90. The van der Waals surface area contributed by atoms with Gasteiger partial charge < -0.3 is 14.2 Å². The molecule has 3 heterocycles. The Morgan fingerprint density at radius 2 is 1.96 bits per heavy atom. The summed E-state index contributed by atoms with van der Waals surface area (Å²) in [7, 11) is 0. The maximum absolute atomic E-state index is 12.6. The van der Waals surface area contributed by atoms with Gasteiger partial charge in [-0.25, -0.2) is 4.98 Å². The van der Waals surface area contributed by atoms with Crippen LogP contribution < -0.4 is 0 Å². The molecule has 24 heavy (non-hydrogen) atoms. The summed E-state index contributed by atoms with van der Waals surface area (Å²) in [5.74, 6) is 0.790. The average Bonchev–Trinajstić information content (AvgIpc) is 3.08. The zero-order valence-electron chi connectivity index (χ0n) is 13.9. The monoisotopic (exact) mass is 347 g/mol. The number of oxazole rings is 1. The van der Waals surface area contributed by atoms with Crippen LogP contribution in [-0.4, -0.2) is 52.8 Å². The predicted octanol–water partition coefficient (Wildman–Crippen LogP) is 2.27. The normalized spacial score (nSPS) is 15.4. The van der Waals surface area contributed by atoms with Gasteiger partial charge in [0.05, 0.1) is 12.1 Å². The third kappa shape index (κ3) is 3.67. The van der Waals surface area contributed by atoms with E-state index in [1.165, 1.54) is 0 Å². The predicted molar refractivity (Wildman–Crippen MR) is 91.1 cm³/mol. The van der Waals surface area contributed by atoms with Crippen molar-refractivity contribution in [3.63, 3.8) is 0 Å². The Bertz CT molecular complexity index is 724. The van der Waals surface area contributed by atoms with Crippen molar-refractivity contribution in [1.82, 2.24) is 14.8 Å². The molecular formula is C17H21N3O3S. The minimum Gasteiger partial charge on any atom is -0.436 e. The van der Waals surface area contributed by atoms with Crippen molar-refractivity contribution >= 4 is 23.2 Å². The van der Waals surface area contributed by atoms with Crippen LogP contribution in [0, 0.1) is 13.8 Å². The first-order valence-corrected chi connectivity index (χ1v) is 9.01. The molecule has 1 fully saturated rings. The van der Waals surface area contributed by atoms with Gasteiger partial charge in [-0.05, 0) is 35.7 Å². The molecule has 2 aromatic rings. The molecule has 0 spiro atoms. The maximum Gasteiger partial charge on any atom is 0.291 e. The highest BCUT2D eigenvalue weighted by Gasteiger charge is 2.26. The Morgan fingerprint density at radius 3 is 2.62 bits per heavy atom. The number of amides is 2. The third-order valence-electron chi connectivity index (χ3n) is 4.17. The lowest BCUT2D eigenvalue weighted by molar-refractivity contribution is -0.130. The van der Waals surface area contributed by atoms with Gasteiger partial charge in [0.25, 0.3) is 5.91 Å². The van der Waals surface area contributed by atoms with E-state index >= 15 is 0 Å². The molecule has 0 N–H and O–H groups in total. The topological polar surface area (TPSA) is 66.7 Å². The lowest BCUT2D eigenvalue weighted by Crippen LogP contribution is -2.38. The molecule has 1 aliphatic rings. The van der Waals surface area contributed by atoms with Crippen molar-refractivity contribution in [2.45, 2.75) is 26.7 Å². The summed E-state index contributed by atoms with van der Waals surface area (Å²) in [6.45, 7) is 5.89. The van der Waals surface area contributed by atoms with E-state index in [2.05, 4.69) is 4.98 Å². The number of aromatic nitrogens is 1. The van der Waals surface area contributed by atoms with Crippen LogP contribution in [0.5, 0.6) is 0 Å². The highest BCUT2D eigenvalue weighted by molar-refractivity contribution is 7.08. The molecule has 1 aliphatic heterocycles. The summed E-state index contributed by atoms with van der Waals surface area (Å²) >= 11 is 1.60. The van der Waals surface area contributed by atoms with Crippen LogP contribution in [0.3, 0.4) is 0 Å². The molecule has 0 atom stereocenters. The van der Waals surface area contributed by atoms with Crippen LogP contribution in [-0.2, 0) is 11.2 Å². The second-order valence-corrected chi connectivity index (χ2v) is 6.76. The Morgan fingerprint density at radius 1 is 1.21 bits per heavy atom. The van der Waals surface area contributed by atoms with Gasteiger partial charge in [0.1, 0.15) is 0 Å². The first-order chi connectivity index (χ1) is 11.5. The highest BCUT2D eigenvalue weighted by Crippen LogP contribution is 2.15. The molecule has 0 aromatic carbocycles. The summed E-state index contributed by atoms with van der Waals surface area (Å²) in [6.07, 6.45) is 1.20. The number of carbonyl (C=O) groups excluding carboxylic acids is 2. The van der Waals surface area contributed by atoms with E-state index in [0.717, 1.165) is 12.0 Å². The van der Waals surface area contributed by atoms with Crippen molar-refractivity contribution in [2.24, 2.45) is 0 Å². The van der Waals surface area contributed by atoms with Gasteiger partial charge in [0.2, 0.25) is 11.7 Å². The molecule has 0 radical (unpaired) electrons. The summed E-state index contributed by atoms with van der Waals surface area (Å²) < 4.78 is 5.43. The Kier molecular flexibility index (Phi) is 4.99. The van der Waals surface area contributed by atoms with Crippen LogP contribution in [0.2, 0.25) is 0 Å². The smallest absolute Gasteiger partial charge is 0.291 e. The summed E-state index contributed by atoms with van der Waals surface area (Å²) in [4.78, 5) is 32.8. The number of thiophene rings is 1. The van der Waals surface area contributed by atoms with Gasteiger partial charge in [-0.2, -0.15) is 11.3 Å². The first-order valence-electron chi connectivity index (χ1n) is 8.07. The summed E-state index contributed by atoms with van der Waals surface area (Å²) in [6, 6.07) is 1.98. The van der Waals surface area contributed by atoms with E-state index in [0.29, 0.717) is 49.9 Å². The van der Waals surface area contributed by atoms with E-state index in [1.54, 1.807) is 30.1 Å². The van der Waals surface area contributed by atoms with Gasteiger partial charge in [-0.15, -0.1) is 0 Å². The zero-order chi connectivity index (χ0) is 17.1. The Balaban J connectivity index is 1.61. The first kappa shape index (κ1) is 16.7. The fourth-order valence-electron chi connectivity index (χ4n) is 2.92. The molecule has 2 amide bonds. The van der Waals surface area contributed by atoms with E-state index in [4.69, 9.17) is 4.42 Å². The molecule has 6 nitrogen and oxygen atoms in total. The van der Waals surface area contributed by atoms with E-state index in [-0.39, 0.29) is 11.8 Å². The van der Waals surface area contributed by atoms with Crippen LogP contribution in [0.25, 0.3) is 0 Å². The Labute approximate surface area is 145 Å². The summed E-state index contributed by atoms with van der Waals surface area (Å²) in [5, 5.41) is 3.98. The fourth-order valence-corrected chi connectivity index (χ4v) is 3.59. The zero-order valence-corrected chi connectivity index (χ0v) is 14.8. The molecular weight excluding hydrogens is 326 g/mol. The van der Waals surface area contributed by atoms with E-state index in [9.17, 15) is 9.59 Å². The largest absolute Gasteiger partial charge is 0.436 e. The quantitative estimate of drug-likeness (QED) is 0.854. The average molecular weight is 347 g/mol. The Hall–Kier alpha value is -2.15. The second-order valence-electron chi connectivity index (χ2n) is 5.98. The van der Waals surface area contributed by atoms with Crippen LogP contribution in [0.4, 0.5) is 0 Å². The van der Waals surface area contributed by atoms with Crippen LogP contribution in [0.1, 0.15) is 34.1 Å². The molecule has 7 heteroatoms. The maximum atomic E-state index is 12.6. The van der Waals surface area contributed by atoms with Gasteiger partial charge in [-0.1, -0.05) is 0 Å². The number of aryl methyl sites for hydroxylation is 2. The van der Waals surface area contributed by atoms with Gasteiger partial charge in [-0.3, -0.25) is 9.59 Å². The lowest BCUT2D eigenvalue weighted by Gasteiger charge is -2.21. The number of carbonyl (C=O) groups is 2. The molecule has 3 rings (SSSR count). The minimum absolute atomic E-state index is 0.120. The van der Waals surface area contributed by atoms with Crippen molar-refractivity contribution < 1.29 is 14.0 Å². The standard InChI is InChI=1S/C17H21N3O3S/c1-12-16(23-13(2)18-12)17(22)20-6-3-5-19(7-8-20)15(21)10-14-4-9-24-11-14/h4,9,11H,3,5-8,10H2,1-2H3. The minimum atomic E-state index is -0.139. The molecule has 0 unspecified atom stereocenters. The van der Waals surface area contributed by atoms with E-state index in [1.807, 2.05) is 21.7 Å². The molecule has 0 aliphatic carbocycles. The molecule has 0 saturated carbocycles. The second kappa shape index (κ2) is 7.17.